The van der Waals surface area contributed by atoms with Gasteiger partial charge in [-0.3, -0.25) is 4.79 Å². The standard InChI is InChI=1S/C21H22O8/c1-10-14(6-5-11-7-12(22)9-13(23)8-11)29-18-15(16(10)24)17(25)19(26-2)21(28-4)20(18)27-3/h5-10,14,22-23,25H,1-4H3/b6-5+/t10-,14-/m0/s1. The summed E-state index contributed by atoms with van der Waals surface area (Å²) in [4.78, 5) is 13.0. The van der Waals surface area contributed by atoms with Gasteiger partial charge in [-0.1, -0.05) is 13.0 Å². The SMILES string of the molecule is COc1c(O)c2c(c(OC)c1OC)O[C@@H](/C=C/c1cc(O)cc(O)c1)[C@H](C)C2=O. The molecule has 3 N–H and O–H groups in total. The number of Topliss-reactive ketones (excluding diaryl/α,β-unsaturated/α-hetero) is 1. The zero-order chi connectivity index (χ0) is 21.3. The van der Waals surface area contributed by atoms with Crippen molar-refractivity contribution in [3.05, 3.63) is 35.4 Å². The normalized spacial score (nSPS) is 18.3. The smallest absolute Gasteiger partial charge is 0.211 e. The maximum atomic E-state index is 13.0. The van der Waals surface area contributed by atoms with Crippen LogP contribution in [0.5, 0.6) is 40.2 Å². The Kier molecular flexibility index (Phi) is 5.45. The van der Waals surface area contributed by atoms with Crippen LogP contribution >= 0.6 is 0 Å². The van der Waals surface area contributed by atoms with Gasteiger partial charge in [-0.25, -0.2) is 0 Å². The summed E-state index contributed by atoms with van der Waals surface area (Å²) in [6.45, 7) is 1.67. The number of ether oxygens (including phenoxy) is 4. The number of carbonyl (C=O) groups is 1. The Balaban J connectivity index is 2.07. The van der Waals surface area contributed by atoms with Crippen molar-refractivity contribution in [3.8, 4) is 40.2 Å². The molecule has 0 radical (unpaired) electrons. The second-order valence-electron chi connectivity index (χ2n) is 6.53. The number of hydrogen-bond acceptors (Lipinski definition) is 8. The number of phenols is 3. The summed E-state index contributed by atoms with van der Waals surface area (Å²) in [6, 6.07) is 4.13. The number of phenolic OH excluding ortho intramolecular Hbond substituents is 3. The Labute approximate surface area is 167 Å². The third-order valence-electron chi connectivity index (χ3n) is 4.72. The van der Waals surface area contributed by atoms with Crippen molar-refractivity contribution in [1.82, 2.24) is 0 Å². The highest BCUT2D eigenvalue weighted by Gasteiger charge is 2.40. The van der Waals surface area contributed by atoms with E-state index < -0.39 is 12.0 Å². The molecule has 154 valence electrons. The Bertz CT molecular complexity index is 959. The van der Waals surface area contributed by atoms with Crippen LogP contribution in [0.25, 0.3) is 6.08 Å². The van der Waals surface area contributed by atoms with Crippen molar-refractivity contribution in [2.75, 3.05) is 21.3 Å². The lowest BCUT2D eigenvalue weighted by Crippen LogP contribution is -2.34. The second-order valence-corrected chi connectivity index (χ2v) is 6.53. The van der Waals surface area contributed by atoms with Crippen molar-refractivity contribution in [2.45, 2.75) is 13.0 Å². The van der Waals surface area contributed by atoms with Crippen LogP contribution in [0.3, 0.4) is 0 Å². The van der Waals surface area contributed by atoms with Crippen molar-refractivity contribution in [3.63, 3.8) is 0 Å². The van der Waals surface area contributed by atoms with E-state index in [2.05, 4.69) is 0 Å². The quantitative estimate of drug-likeness (QED) is 0.699. The first-order valence-electron chi connectivity index (χ1n) is 8.79. The molecule has 2 atom stereocenters. The summed E-state index contributed by atoms with van der Waals surface area (Å²) in [5.74, 6) is -1.26. The van der Waals surface area contributed by atoms with E-state index in [-0.39, 0.29) is 51.6 Å². The number of rotatable bonds is 5. The predicted octanol–water partition coefficient (Wildman–Crippen LogP) is 3.12. The van der Waals surface area contributed by atoms with Gasteiger partial charge >= 0.3 is 0 Å². The average molecular weight is 402 g/mol. The van der Waals surface area contributed by atoms with E-state index in [1.165, 1.54) is 39.5 Å². The van der Waals surface area contributed by atoms with E-state index in [0.29, 0.717) is 5.56 Å². The van der Waals surface area contributed by atoms with Gasteiger partial charge < -0.3 is 34.3 Å². The number of benzene rings is 2. The topological polar surface area (TPSA) is 115 Å². The van der Waals surface area contributed by atoms with E-state index in [4.69, 9.17) is 18.9 Å². The van der Waals surface area contributed by atoms with Crippen molar-refractivity contribution in [1.29, 1.82) is 0 Å². The Morgan fingerprint density at radius 2 is 1.52 bits per heavy atom. The second kappa shape index (κ2) is 7.83. The van der Waals surface area contributed by atoms with Crippen LogP contribution in [0, 0.1) is 5.92 Å². The van der Waals surface area contributed by atoms with E-state index in [0.717, 1.165) is 0 Å². The van der Waals surface area contributed by atoms with Gasteiger partial charge in [-0.15, -0.1) is 0 Å². The molecule has 8 heteroatoms. The number of carbonyl (C=O) groups excluding carboxylic acids is 1. The highest BCUT2D eigenvalue weighted by Crippen LogP contribution is 2.55. The van der Waals surface area contributed by atoms with Gasteiger partial charge in [-0.2, -0.15) is 0 Å². The maximum Gasteiger partial charge on any atom is 0.211 e. The van der Waals surface area contributed by atoms with Crippen molar-refractivity contribution < 1.29 is 39.1 Å². The first-order chi connectivity index (χ1) is 13.8. The molecule has 0 saturated heterocycles. The minimum absolute atomic E-state index is 0.0171. The molecule has 8 nitrogen and oxygen atoms in total. The molecule has 0 saturated carbocycles. The molecule has 3 rings (SSSR count). The van der Waals surface area contributed by atoms with Crippen molar-refractivity contribution >= 4 is 11.9 Å². The van der Waals surface area contributed by atoms with E-state index in [1.54, 1.807) is 19.1 Å². The van der Waals surface area contributed by atoms with Crippen LogP contribution in [-0.4, -0.2) is 48.5 Å². The fourth-order valence-corrected chi connectivity index (χ4v) is 3.29. The van der Waals surface area contributed by atoms with E-state index in [1.807, 2.05) is 0 Å². The van der Waals surface area contributed by atoms with Crippen LogP contribution in [0.1, 0.15) is 22.8 Å². The molecule has 0 spiro atoms. The van der Waals surface area contributed by atoms with E-state index >= 15 is 0 Å². The number of hydrogen-bond donors (Lipinski definition) is 3. The zero-order valence-electron chi connectivity index (χ0n) is 16.4. The minimum Gasteiger partial charge on any atom is -0.508 e. The summed E-state index contributed by atoms with van der Waals surface area (Å²) in [5, 5.41) is 29.8. The highest BCUT2D eigenvalue weighted by atomic mass is 16.6. The van der Waals surface area contributed by atoms with Gasteiger partial charge in [0.2, 0.25) is 17.2 Å². The first kappa shape index (κ1) is 20.2. The number of methoxy groups -OCH3 is 3. The molecule has 2 aromatic carbocycles. The van der Waals surface area contributed by atoms with Gasteiger partial charge in [0.1, 0.15) is 23.2 Å². The van der Waals surface area contributed by atoms with Crippen LogP contribution in [0.2, 0.25) is 0 Å². The molecule has 1 heterocycles. The predicted molar refractivity (Wildman–Crippen MR) is 104 cm³/mol. The largest absolute Gasteiger partial charge is 0.508 e. The summed E-state index contributed by atoms with van der Waals surface area (Å²) < 4.78 is 21.8. The Morgan fingerprint density at radius 3 is 2.07 bits per heavy atom. The zero-order valence-corrected chi connectivity index (χ0v) is 16.4. The molecule has 2 aromatic rings. The third kappa shape index (κ3) is 3.49. The molecular formula is C21H22O8. The van der Waals surface area contributed by atoms with Gasteiger partial charge in [0, 0.05) is 6.07 Å². The van der Waals surface area contributed by atoms with Gasteiger partial charge in [0.15, 0.2) is 17.3 Å². The molecule has 0 aliphatic carbocycles. The van der Waals surface area contributed by atoms with E-state index in [9.17, 15) is 20.1 Å². The van der Waals surface area contributed by atoms with Crippen LogP contribution < -0.4 is 18.9 Å². The molecule has 0 bridgehead atoms. The molecule has 0 amide bonds. The molecule has 1 aliphatic heterocycles. The molecule has 29 heavy (non-hydrogen) atoms. The fraction of sp³-hybridized carbons (Fsp3) is 0.286. The summed E-state index contributed by atoms with van der Waals surface area (Å²) in [6.07, 6.45) is 2.56. The molecule has 0 aromatic heterocycles. The molecular weight excluding hydrogens is 380 g/mol. The summed E-state index contributed by atoms with van der Waals surface area (Å²) in [5.41, 5.74) is 0.491. The maximum absolute atomic E-state index is 13.0. The number of aromatic hydroxyl groups is 3. The summed E-state index contributed by atoms with van der Waals surface area (Å²) >= 11 is 0. The Morgan fingerprint density at radius 1 is 0.931 bits per heavy atom. The molecule has 0 fully saturated rings. The highest BCUT2D eigenvalue weighted by molar-refractivity contribution is 6.06. The lowest BCUT2D eigenvalue weighted by molar-refractivity contribution is 0.0758. The lowest BCUT2D eigenvalue weighted by atomic mass is 9.89. The van der Waals surface area contributed by atoms with Crippen LogP contribution in [0.15, 0.2) is 24.3 Å². The van der Waals surface area contributed by atoms with Gasteiger partial charge in [-0.05, 0) is 23.8 Å². The lowest BCUT2D eigenvalue weighted by Gasteiger charge is -2.31. The molecule has 1 aliphatic rings. The third-order valence-corrected chi connectivity index (χ3v) is 4.72. The summed E-state index contributed by atoms with van der Waals surface area (Å²) in [7, 11) is 4.11. The van der Waals surface area contributed by atoms with Crippen molar-refractivity contribution in [2.24, 2.45) is 5.92 Å². The van der Waals surface area contributed by atoms with Gasteiger partial charge in [0.25, 0.3) is 0 Å². The van der Waals surface area contributed by atoms with Crippen LogP contribution in [0.4, 0.5) is 0 Å². The first-order valence-corrected chi connectivity index (χ1v) is 8.79. The monoisotopic (exact) mass is 402 g/mol. The Hall–Kier alpha value is -3.55. The minimum atomic E-state index is -0.689. The van der Waals surface area contributed by atoms with Gasteiger partial charge in [0.05, 0.1) is 27.2 Å². The number of ketones is 1. The average Bonchev–Trinajstić information content (AvgIpc) is 2.68. The fourth-order valence-electron chi connectivity index (χ4n) is 3.29. The number of fused-ring (bicyclic) bond motifs is 1. The van der Waals surface area contributed by atoms with Crippen LogP contribution in [-0.2, 0) is 0 Å². The molecule has 0 unspecified atom stereocenters.